The zero-order valence-electron chi connectivity index (χ0n) is 36.5. The van der Waals surface area contributed by atoms with E-state index in [1.165, 1.54) is 22.3 Å². The van der Waals surface area contributed by atoms with E-state index in [-0.39, 0.29) is 0 Å². The molecule has 320 valence electrons. The monoisotopic (exact) mass is 840 g/mol. The van der Waals surface area contributed by atoms with E-state index in [1.807, 2.05) is 0 Å². The van der Waals surface area contributed by atoms with E-state index >= 15 is 0 Å². The molecule has 4 aromatic heterocycles. The van der Waals surface area contributed by atoms with Gasteiger partial charge in [0.15, 0.2) is 0 Å². The molecule has 5 heterocycles. The van der Waals surface area contributed by atoms with Gasteiger partial charge < -0.3 is 0 Å². The van der Waals surface area contributed by atoms with Crippen LogP contribution in [0, 0.1) is 0 Å². The first-order valence-electron chi connectivity index (χ1n) is 22.4. The molecule has 64 heavy (non-hydrogen) atoms. The highest BCUT2D eigenvalue weighted by atomic mass is 15.2. The van der Waals surface area contributed by atoms with Gasteiger partial charge in [-0.2, -0.15) is 0 Å². The van der Waals surface area contributed by atoms with Gasteiger partial charge in [-0.05, 0) is 70.8 Å². The predicted octanol–water partition coefficient (Wildman–Crippen LogP) is 10.4. The molecule has 0 radical (unpaired) electrons. The highest BCUT2D eigenvalue weighted by molar-refractivity contribution is 5.22. The van der Waals surface area contributed by atoms with Gasteiger partial charge in [0.25, 0.3) is 0 Å². The van der Waals surface area contributed by atoms with E-state index in [4.69, 9.17) is 19.9 Å². The number of hydrogen-bond acceptors (Lipinski definition) is 8. The van der Waals surface area contributed by atoms with E-state index in [0.29, 0.717) is 52.4 Å². The molecule has 8 heteroatoms. The Kier molecular flexibility index (Phi) is 14.4. The number of pyridine rings is 4. The molecule has 0 saturated heterocycles. The minimum atomic E-state index is 0.693. The highest BCUT2D eigenvalue weighted by Gasteiger charge is 2.18. The largest absolute Gasteiger partial charge is 0.287 e. The number of nitrogens with zero attached hydrogens (tertiary/aromatic N) is 8. The molecule has 8 aromatic rings. The second-order valence-electron chi connectivity index (χ2n) is 17.0. The van der Waals surface area contributed by atoms with Crippen LogP contribution in [0.5, 0.6) is 0 Å². The number of aromatic nitrogens is 4. The van der Waals surface area contributed by atoms with Crippen molar-refractivity contribution in [3.8, 4) is 0 Å². The lowest BCUT2D eigenvalue weighted by atomic mass is 10.1. The summed E-state index contributed by atoms with van der Waals surface area (Å²) in [6.45, 7) is 8.68. The Hall–Kier alpha value is -6.68. The first kappa shape index (κ1) is 42.6. The van der Waals surface area contributed by atoms with Gasteiger partial charge in [0, 0.05) is 78.5 Å². The van der Waals surface area contributed by atoms with Crippen LogP contribution in [0.3, 0.4) is 0 Å². The SMILES string of the molecule is c1ccc(CN2Cc3cccc(n3)CN(Cc3ccccc3)Cc3cccc(n3)CN(Cc3ccccc3)Cc3cccc(n3)CN(Cc3ccccc3)Cc3cccc(n3)C2)cc1. The summed E-state index contributed by atoms with van der Waals surface area (Å²) >= 11 is 0. The number of hydrogen-bond donors (Lipinski definition) is 0. The summed E-state index contributed by atoms with van der Waals surface area (Å²) in [5, 5.41) is 0. The van der Waals surface area contributed by atoms with Crippen LogP contribution in [-0.2, 0) is 78.5 Å². The molecule has 1 aliphatic heterocycles. The van der Waals surface area contributed by atoms with Crippen molar-refractivity contribution in [2.24, 2.45) is 0 Å². The summed E-state index contributed by atoms with van der Waals surface area (Å²) in [5.74, 6) is 0. The summed E-state index contributed by atoms with van der Waals surface area (Å²) in [4.78, 5) is 31.1. The van der Waals surface area contributed by atoms with Crippen molar-refractivity contribution >= 4 is 0 Å². The molecule has 4 aromatic carbocycles. The molecular weight excluding hydrogens is 785 g/mol. The Balaban J connectivity index is 1.08. The maximum Gasteiger partial charge on any atom is 0.0548 e. The number of fused-ring (bicyclic) bond motifs is 8. The zero-order chi connectivity index (χ0) is 43.2. The summed E-state index contributed by atoms with van der Waals surface area (Å²) in [5.41, 5.74) is 13.4. The third-order valence-corrected chi connectivity index (χ3v) is 11.5. The summed E-state index contributed by atoms with van der Waals surface area (Å²) in [7, 11) is 0. The lowest BCUT2D eigenvalue weighted by Gasteiger charge is -2.26. The van der Waals surface area contributed by atoms with Gasteiger partial charge in [0.2, 0.25) is 0 Å². The van der Waals surface area contributed by atoms with E-state index in [1.54, 1.807) is 0 Å². The normalized spacial score (nSPS) is 15.0. The van der Waals surface area contributed by atoms with Crippen LogP contribution in [0.1, 0.15) is 67.8 Å². The smallest absolute Gasteiger partial charge is 0.0548 e. The topological polar surface area (TPSA) is 64.5 Å². The molecule has 0 unspecified atom stereocenters. The lowest BCUT2D eigenvalue weighted by molar-refractivity contribution is 0.228. The first-order chi connectivity index (χ1) is 31.6. The van der Waals surface area contributed by atoms with Gasteiger partial charge in [0.1, 0.15) is 0 Å². The average Bonchev–Trinajstić information content (AvgIpc) is 3.30. The van der Waals surface area contributed by atoms with Crippen LogP contribution in [0.15, 0.2) is 194 Å². The molecule has 0 N–H and O–H groups in total. The summed E-state index contributed by atoms with van der Waals surface area (Å²) < 4.78 is 0. The van der Waals surface area contributed by atoms with Crippen LogP contribution in [-0.4, -0.2) is 39.5 Å². The van der Waals surface area contributed by atoms with E-state index in [0.717, 1.165) is 71.7 Å². The molecule has 0 spiro atoms. The Morgan fingerprint density at radius 3 is 0.562 bits per heavy atom. The second-order valence-corrected chi connectivity index (χ2v) is 17.0. The van der Waals surface area contributed by atoms with Gasteiger partial charge in [-0.1, -0.05) is 146 Å². The fraction of sp³-hybridized carbons (Fsp3) is 0.214. The fourth-order valence-corrected chi connectivity index (χ4v) is 8.69. The van der Waals surface area contributed by atoms with Crippen LogP contribution < -0.4 is 0 Å². The van der Waals surface area contributed by atoms with Gasteiger partial charge in [-0.25, -0.2) is 0 Å². The fourth-order valence-electron chi connectivity index (χ4n) is 8.69. The van der Waals surface area contributed by atoms with E-state index < -0.39 is 0 Å². The molecule has 8 bridgehead atoms. The third kappa shape index (κ3) is 12.7. The van der Waals surface area contributed by atoms with Crippen molar-refractivity contribution in [1.29, 1.82) is 0 Å². The van der Waals surface area contributed by atoms with Crippen LogP contribution in [0.25, 0.3) is 0 Å². The van der Waals surface area contributed by atoms with Gasteiger partial charge in [0.05, 0.1) is 45.6 Å². The van der Waals surface area contributed by atoms with Crippen LogP contribution in [0.4, 0.5) is 0 Å². The number of benzene rings is 4. The molecule has 9 rings (SSSR count). The van der Waals surface area contributed by atoms with Crippen molar-refractivity contribution in [1.82, 2.24) is 39.5 Å². The molecular formula is C56H56N8. The molecule has 0 amide bonds. The van der Waals surface area contributed by atoms with Gasteiger partial charge in [-0.3, -0.25) is 39.5 Å². The molecule has 0 aliphatic carbocycles. The Morgan fingerprint density at radius 2 is 0.391 bits per heavy atom. The molecule has 8 nitrogen and oxygen atoms in total. The molecule has 1 aliphatic rings. The molecule has 0 fully saturated rings. The minimum absolute atomic E-state index is 0.693. The van der Waals surface area contributed by atoms with E-state index in [9.17, 15) is 0 Å². The Bertz CT molecular complexity index is 2200. The van der Waals surface area contributed by atoms with Crippen molar-refractivity contribution in [2.45, 2.75) is 78.5 Å². The Labute approximate surface area is 378 Å². The Morgan fingerprint density at radius 1 is 0.219 bits per heavy atom. The minimum Gasteiger partial charge on any atom is -0.287 e. The van der Waals surface area contributed by atoms with Crippen LogP contribution >= 0.6 is 0 Å². The van der Waals surface area contributed by atoms with Crippen molar-refractivity contribution in [2.75, 3.05) is 0 Å². The standard InChI is InChI=1S/C56H56N8/c1-5-17-45(18-6-1)33-61-37-49-25-13-27-51(57-49)39-62(34-46-19-7-2-8-20-46)41-53-29-15-31-55(59-53)43-64(36-48-23-11-4-12-24-48)44-56-32-16-30-54(60-56)42-63(35-47-21-9-3-10-22-47)40-52-28-14-26-50(38-61)58-52/h1-32H,33-44H2. The molecule has 0 saturated carbocycles. The second kappa shape index (κ2) is 21.6. The first-order valence-corrected chi connectivity index (χ1v) is 22.4. The van der Waals surface area contributed by atoms with E-state index in [2.05, 4.69) is 214 Å². The number of rotatable bonds is 8. The van der Waals surface area contributed by atoms with Crippen LogP contribution in [0.2, 0.25) is 0 Å². The maximum absolute atomic E-state index is 5.32. The lowest BCUT2D eigenvalue weighted by Crippen LogP contribution is -2.27. The summed E-state index contributed by atoms with van der Waals surface area (Å²) in [6.07, 6.45) is 0. The van der Waals surface area contributed by atoms with Gasteiger partial charge in [-0.15, -0.1) is 0 Å². The third-order valence-electron chi connectivity index (χ3n) is 11.5. The predicted molar refractivity (Wildman–Crippen MR) is 255 cm³/mol. The van der Waals surface area contributed by atoms with Gasteiger partial charge >= 0.3 is 0 Å². The molecule has 0 atom stereocenters. The van der Waals surface area contributed by atoms with Crippen molar-refractivity contribution in [3.05, 3.63) is 262 Å². The highest BCUT2D eigenvalue weighted by Crippen LogP contribution is 2.20. The average molecular weight is 841 g/mol. The van der Waals surface area contributed by atoms with Crippen molar-refractivity contribution in [3.63, 3.8) is 0 Å². The summed E-state index contributed by atoms with van der Waals surface area (Å²) in [6, 6.07) is 68.8. The zero-order valence-corrected chi connectivity index (χ0v) is 36.5. The van der Waals surface area contributed by atoms with Crippen molar-refractivity contribution < 1.29 is 0 Å². The maximum atomic E-state index is 5.32. The quantitative estimate of drug-likeness (QED) is 0.150.